The average Bonchev–Trinajstić information content (AvgIpc) is 1.46. The highest BCUT2D eigenvalue weighted by molar-refractivity contribution is 5.77. The Labute approximate surface area is 683 Å². The average molecular weight is 1570 g/mol. The van der Waals surface area contributed by atoms with Crippen LogP contribution in [0, 0.1) is 140 Å². The molecule has 2 heterocycles. The van der Waals surface area contributed by atoms with E-state index >= 15 is 0 Å². The highest BCUT2D eigenvalue weighted by Gasteiger charge is 2.60. The molecule has 0 aromatic rings. The van der Waals surface area contributed by atoms with Crippen LogP contribution in [0.2, 0.25) is 0 Å². The van der Waals surface area contributed by atoms with Crippen LogP contribution in [0.15, 0.2) is 0 Å². The van der Waals surface area contributed by atoms with E-state index in [1.807, 2.05) is 13.8 Å². The number of Topliss-reactive ketones (excluding diaryl/α,β-unsaturated/α-hetero) is 2. The number of halogens is 1. The predicted octanol–water partition coefficient (Wildman–Crippen LogP) is 19.4. The fraction of sp³-hybridized carbons (Fsp3) is 0.927. The molecule has 2 bridgehead atoms. The fourth-order valence-electron chi connectivity index (χ4n) is 24.0. The van der Waals surface area contributed by atoms with Crippen LogP contribution < -0.4 is 21.3 Å². The van der Waals surface area contributed by atoms with E-state index in [1.54, 1.807) is 27.7 Å². The van der Waals surface area contributed by atoms with E-state index < -0.39 is 17.3 Å². The molecule has 15 fully saturated rings. The number of rotatable bonds is 17. The number of hydrogen-bond acceptors (Lipinski definition) is 11. The Morgan fingerprint density at radius 1 is 0.473 bits per heavy atom. The minimum absolute atomic E-state index is 0.00118. The van der Waals surface area contributed by atoms with E-state index in [0.29, 0.717) is 87.4 Å². The summed E-state index contributed by atoms with van der Waals surface area (Å²) in [5.74, 6) is 15.2. The molecule has 0 aromatic carbocycles. The summed E-state index contributed by atoms with van der Waals surface area (Å²) in [6, 6.07) is 3.93. The van der Waals surface area contributed by atoms with Gasteiger partial charge in [0.05, 0.1) is 23.8 Å². The summed E-state index contributed by atoms with van der Waals surface area (Å²) in [6.07, 6.45) is 33.8. The number of nitrogens with zero attached hydrogens (tertiary/aromatic N) is 3. The number of fused-ring (bicyclic) bond motifs is 4. The summed E-state index contributed by atoms with van der Waals surface area (Å²) in [7, 11) is 0. The number of alkyl halides is 1. The molecule has 112 heavy (non-hydrogen) atoms. The van der Waals surface area contributed by atoms with Gasteiger partial charge in [0.1, 0.15) is 23.3 Å². The molecular formula is C96H170FN7O8. The molecule has 7 atom stereocenters. The van der Waals surface area contributed by atoms with E-state index in [-0.39, 0.29) is 41.3 Å². The minimum Gasteiger partial charge on any atom is -0.393 e. The lowest BCUT2D eigenvalue weighted by Crippen LogP contribution is -2.65. The second-order valence-corrected chi connectivity index (χ2v) is 43.9. The van der Waals surface area contributed by atoms with Gasteiger partial charge in [-0.2, -0.15) is 5.26 Å². The lowest BCUT2D eigenvalue weighted by molar-refractivity contribution is -0.132. The van der Waals surface area contributed by atoms with Gasteiger partial charge in [0, 0.05) is 90.4 Å². The number of nitriles is 1. The van der Waals surface area contributed by atoms with Crippen molar-refractivity contribution in [3.8, 4) is 6.07 Å². The van der Waals surface area contributed by atoms with Gasteiger partial charge in [-0.1, -0.05) is 89.5 Å². The van der Waals surface area contributed by atoms with Crippen LogP contribution in [0.25, 0.3) is 0 Å². The number of carbonyl (C=O) groups excluding carboxylic acids is 6. The van der Waals surface area contributed by atoms with E-state index in [2.05, 4.69) is 148 Å². The molecule has 2 saturated heterocycles. The maximum atomic E-state index is 13.6. The number of aliphatic hydroxyl groups is 2. The van der Waals surface area contributed by atoms with Gasteiger partial charge in [-0.25, -0.2) is 4.39 Å². The highest BCUT2D eigenvalue weighted by Crippen LogP contribution is 2.65. The summed E-state index contributed by atoms with van der Waals surface area (Å²) < 4.78 is 13.6. The molecular weight excluding hydrogens is 1400 g/mol. The van der Waals surface area contributed by atoms with E-state index in [4.69, 9.17) is 5.26 Å². The lowest BCUT2D eigenvalue weighted by atomic mass is 9.46. The van der Waals surface area contributed by atoms with Crippen molar-refractivity contribution in [2.24, 2.45) is 128 Å². The van der Waals surface area contributed by atoms with Crippen LogP contribution in [-0.2, 0) is 28.8 Å². The number of nitrogens with one attached hydrogen (secondary N) is 4. The van der Waals surface area contributed by atoms with Gasteiger partial charge in [0.25, 0.3) is 0 Å². The van der Waals surface area contributed by atoms with E-state index in [1.165, 1.54) is 162 Å². The van der Waals surface area contributed by atoms with Crippen LogP contribution >= 0.6 is 0 Å². The standard InChI is InChI=1S/C14H27NO.C12H20N2O.2C12H21NO.2C12H20O.C11H20FNO.C11H21NO/c1-11(2)15-9-14(10-15)7-5-12(6-8-14)13(3,4)16;1-9(2)11-4-6-12(8-13,7-5-11)14-10(3)15;1-8(2)10-4-12(5-10)6-11(7-12)13-9(3)14;1-9(2)11-5-4-6-12(7-11,8-11)13-10(3)14;2*1-7(2)9-5-11-10(4-8(3)13)12(11)6-9;1-7(2)9-4-5-11(10(12)6-9)13-8(3)14;1-9(2)12-7-11(8-12)5-3-10(13)4-6-11/h11-12,16H,5-10H2,1-4H3;9,11H,4-7H2,1-3H3,(H,14,15);8,10-11H,4-7H2,1-3H3,(H,13,14);9H,4-8H2,1-3H3,(H,13,14);2*7,9-12H,4-6H2,1-3H3;7,9-11H,4-6H2,1-3H3,(H,13,14);9-10,13H,3-8H2,1-2H3/t;;;;;;9-,10-,11+;/m......0./s1. The number of aliphatic hydroxyl groups excluding tert-OH is 1. The third-order valence-corrected chi connectivity index (χ3v) is 32.0. The molecule has 0 aromatic heterocycles. The largest absolute Gasteiger partial charge is 0.393 e. The first-order valence-electron chi connectivity index (χ1n) is 46.1. The maximum absolute atomic E-state index is 13.6. The third kappa shape index (κ3) is 26.7. The van der Waals surface area contributed by atoms with Crippen molar-refractivity contribution in [2.45, 2.75) is 412 Å². The maximum Gasteiger partial charge on any atom is 0.218 e. The molecule has 4 unspecified atom stereocenters. The van der Waals surface area contributed by atoms with Crippen molar-refractivity contribution in [1.29, 1.82) is 5.26 Å². The second kappa shape index (κ2) is 40.5. The Morgan fingerprint density at radius 3 is 1.22 bits per heavy atom. The Morgan fingerprint density at radius 2 is 0.884 bits per heavy atom. The Bertz CT molecular complexity index is 2940. The second-order valence-electron chi connectivity index (χ2n) is 43.9. The lowest BCUT2D eigenvalue weighted by Gasteiger charge is -2.63. The van der Waals surface area contributed by atoms with Crippen LogP contribution in [0.3, 0.4) is 0 Å². The van der Waals surface area contributed by atoms with Crippen molar-refractivity contribution in [1.82, 2.24) is 31.1 Å². The number of hydrogen-bond donors (Lipinski definition) is 6. The number of amides is 4. The molecule has 16 heteroatoms. The van der Waals surface area contributed by atoms with Crippen LogP contribution in [0.4, 0.5) is 4.39 Å². The predicted molar refractivity (Wildman–Crippen MR) is 455 cm³/mol. The van der Waals surface area contributed by atoms with Gasteiger partial charge in [-0.3, -0.25) is 29.0 Å². The topological polar surface area (TPSA) is 221 Å². The number of ketones is 2. The van der Waals surface area contributed by atoms with Crippen molar-refractivity contribution in [3.63, 3.8) is 0 Å². The van der Waals surface area contributed by atoms with Crippen molar-refractivity contribution in [3.05, 3.63) is 0 Å². The zero-order valence-electron chi connectivity index (χ0n) is 76.0. The zero-order chi connectivity index (χ0) is 83.6. The van der Waals surface area contributed by atoms with Gasteiger partial charge in [-0.05, 0) is 357 Å². The first kappa shape index (κ1) is 95.6. The number of carbonyl (C=O) groups is 6. The summed E-state index contributed by atoms with van der Waals surface area (Å²) in [5.41, 5.74) is 1.55. The van der Waals surface area contributed by atoms with Gasteiger partial charge >= 0.3 is 0 Å². The quantitative estimate of drug-likeness (QED) is 0.0804. The molecule has 3 spiro atoms. The van der Waals surface area contributed by atoms with Crippen molar-refractivity contribution in [2.75, 3.05) is 26.2 Å². The molecule has 15 nitrogen and oxygen atoms in total. The molecule has 4 amide bonds. The normalized spacial score (nSPS) is 35.6. The molecule has 0 radical (unpaired) electrons. The fourth-order valence-corrected chi connectivity index (χ4v) is 24.0. The molecule has 13 aliphatic carbocycles. The molecule has 15 rings (SSSR count). The van der Waals surface area contributed by atoms with Crippen LogP contribution in [0.1, 0.15) is 359 Å². The summed E-state index contributed by atoms with van der Waals surface area (Å²) in [4.78, 5) is 70.7. The van der Waals surface area contributed by atoms with Crippen LogP contribution in [-0.4, -0.2) is 135 Å². The first-order valence-corrected chi connectivity index (χ1v) is 46.1. The highest BCUT2D eigenvalue weighted by atomic mass is 19.1. The van der Waals surface area contributed by atoms with Crippen molar-refractivity contribution >= 4 is 35.2 Å². The summed E-state index contributed by atoms with van der Waals surface area (Å²) in [6.45, 7) is 55.1. The molecule has 2 aliphatic heterocycles. The van der Waals surface area contributed by atoms with Crippen molar-refractivity contribution < 1.29 is 43.4 Å². The van der Waals surface area contributed by atoms with Gasteiger partial charge in [0.2, 0.25) is 23.6 Å². The summed E-state index contributed by atoms with van der Waals surface area (Å²) in [5, 5.41) is 40.3. The van der Waals surface area contributed by atoms with Gasteiger partial charge < -0.3 is 41.1 Å². The zero-order valence-corrected chi connectivity index (χ0v) is 76.0. The van der Waals surface area contributed by atoms with Gasteiger partial charge in [-0.15, -0.1) is 0 Å². The molecule has 6 N–H and O–H groups in total. The van der Waals surface area contributed by atoms with E-state index in [9.17, 15) is 43.4 Å². The SMILES string of the molecule is CC(=O)CC1C2CC(C(C)C)CC12.CC(=O)CC1C2CC(C(C)C)CC12.CC(=O)NC1(C#N)CCC(C(C)C)CC1.CC(=O)NC12CCCC(C(C)C)(C1)C2.CC(=O)NC1CC2(C1)CC(C(C)C)C2.CC(=O)N[C@@H]1CC[C@H](C(C)C)C[C@@H]1F.CC(C)N1CC2(CCC(C(C)(C)O)CC2)C1.CC(C)N1CC2(CCC(O)CC2)C1. The number of likely N-dealkylation sites (tertiary alicyclic amines) is 2. The van der Waals surface area contributed by atoms with Crippen LogP contribution in [0.5, 0.6) is 0 Å². The minimum atomic E-state index is -0.861. The Kier molecular flexibility index (Phi) is 34.6. The Hall–Kier alpha value is -3.52. The first-order chi connectivity index (χ1) is 52.1. The van der Waals surface area contributed by atoms with Gasteiger partial charge in [0.15, 0.2) is 0 Å². The molecule has 15 aliphatic rings. The smallest absolute Gasteiger partial charge is 0.218 e. The third-order valence-electron chi connectivity index (χ3n) is 32.0. The monoisotopic (exact) mass is 1570 g/mol. The summed E-state index contributed by atoms with van der Waals surface area (Å²) >= 11 is 0. The van der Waals surface area contributed by atoms with E-state index in [0.717, 1.165) is 141 Å². The molecule has 644 valence electrons. The molecule has 13 saturated carbocycles. The Balaban J connectivity index is 0.000000178.